The molecule has 0 radical (unpaired) electrons. The average Bonchev–Trinajstić information content (AvgIpc) is 2.96. The van der Waals surface area contributed by atoms with E-state index >= 15 is 0 Å². The van der Waals surface area contributed by atoms with E-state index in [1.807, 2.05) is 78.9 Å². The highest BCUT2D eigenvalue weighted by atomic mass is 16.6. The molecule has 1 aliphatic rings. The number of fused-ring (bicyclic) bond motifs is 1. The lowest BCUT2D eigenvalue weighted by Gasteiger charge is -2.46. The number of amides is 1. The fourth-order valence-electron chi connectivity index (χ4n) is 4.97. The van der Waals surface area contributed by atoms with Crippen LogP contribution >= 0.6 is 0 Å². The van der Waals surface area contributed by atoms with E-state index in [1.165, 1.54) is 12.1 Å². The van der Waals surface area contributed by atoms with Gasteiger partial charge in [-0.2, -0.15) is 0 Å². The van der Waals surface area contributed by atoms with E-state index < -0.39 is 11.1 Å². The predicted molar refractivity (Wildman–Crippen MR) is 144 cm³/mol. The Balaban J connectivity index is 1.75. The molecule has 5 rings (SSSR count). The number of nitro groups is 1. The molecule has 192 valence electrons. The number of methoxy groups -OCH3 is 2. The van der Waals surface area contributed by atoms with Crippen LogP contribution in [0.3, 0.4) is 0 Å². The number of hydrogen-bond donors (Lipinski definition) is 0. The summed E-state index contributed by atoms with van der Waals surface area (Å²) in [5.74, 6) is 0.771. The molecule has 4 aromatic carbocycles. The SMILES string of the molecule is COc1cccc([C@@H]2N(Cc3ccccc3)C(=O)c3cc([N+](=O)[O-])ccc3N2Cc2ccccc2)c1OC. The first-order chi connectivity index (χ1) is 18.5. The van der Waals surface area contributed by atoms with E-state index in [0.29, 0.717) is 23.7 Å². The monoisotopic (exact) mass is 509 g/mol. The number of nitro benzene ring substituents is 1. The molecule has 1 heterocycles. The predicted octanol–water partition coefficient (Wildman–Crippen LogP) is 5.97. The maximum absolute atomic E-state index is 14.1. The summed E-state index contributed by atoms with van der Waals surface area (Å²) >= 11 is 0. The number of anilines is 1. The second kappa shape index (κ2) is 10.6. The molecule has 8 nitrogen and oxygen atoms in total. The number of benzene rings is 4. The van der Waals surface area contributed by atoms with E-state index in [-0.39, 0.29) is 23.7 Å². The van der Waals surface area contributed by atoms with Crippen LogP contribution in [0.1, 0.15) is 33.2 Å². The maximum Gasteiger partial charge on any atom is 0.270 e. The van der Waals surface area contributed by atoms with Crippen LogP contribution < -0.4 is 14.4 Å². The minimum Gasteiger partial charge on any atom is -0.493 e. The fourth-order valence-corrected chi connectivity index (χ4v) is 4.97. The molecule has 0 unspecified atom stereocenters. The lowest BCUT2D eigenvalue weighted by Crippen LogP contribution is -2.49. The summed E-state index contributed by atoms with van der Waals surface area (Å²) in [5, 5.41) is 11.6. The van der Waals surface area contributed by atoms with Crippen molar-refractivity contribution in [2.45, 2.75) is 19.3 Å². The van der Waals surface area contributed by atoms with E-state index in [9.17, 15) is 14.9 Å². The van der Waals surface area contributed by atoms with Crippen molar-refractivity contribution >= 4 is 17.3 Å². The molecule has 8 heteroatoms. The molecule has 0 aliphatic carbocycles. The zero-order valence-corrected chi connectivity index (χ0v) is 21.1. The summed E-state index contributed by atoms with van der Waals surface area (Å²) in [6.45, 7) is 0.743. The molecule has 0 aromatic heterocycles. The van der Waals surface area contributed by atoms with Gasteiger partial charge in [-0.25, -0.2) is 0 Å². The first-order valence-electron chi connectivity index (χ1n) is 12.2. The Morgan fingerprint density at radius 1 is 0.789 bits per heavy atom. The molecule has 1 amide bonds. The Labute approximate surface area is 220 Å². The van der Waals surface area contributed by atoms with E-state index in [1.54, 1.807) is 25.2 Å². The van der Waals surface area contributed by atoms with Crippen molar-refractivity contribution in [3.8, 4) is 11.5 Å². The van der Waals surface area contributed by atoms with Crippen LogP contribution in [0.25, 0.3) is 0 Å². The van der Waals surface area contributed by atoms with Gasteiger partial charge in [0.1, 0.15) is 6.17 Å². The first kappa shape index (κ1) is 24.8. The van der Waals surface area contributed by atoms with Gasteiger partial charge in [-0.15, -0.1) is 0 Å². The van der Waals surface area contributed by atoms with Gasteiger partial charge in [0.15, 0.2) is 11.5 Å². The topological polar surface area (TPSA) is 85.1 Å². The molecule has 1 atom stereocenters. The van der Waals surface area contributed by atoms with Crippen molar-refractivity contribution in [1.82, 2.24) is 4.90 Å². The molecule has 0 saturated carbocycles. The summed E-state index contributed by atoms with van der Waals surface area (Å²) in [6, 6.07) is 29.7. The minimum atomic E-state index is -0.582. The Bertz CT molecular complexity index is 1460. The normalized spacial score (nSPS) is 14.7. The number of non-ortho nitro benzene ring substituents is 1. The van der Waals surface area contributed by atoms with Crippen LogP contribution in [0.5, 0.6) is 11.5 Å². The Hall–Kier alpha value is -4.85. The Morgan fingerprint density at radius 3 is 2.00 bits per heavy atom. The van der Waals surface area contributed by atoms with Crippen LogP contribution in [-0.4, -0.2) is 29.9 Å². The van der Waals surface area contributed by atoms with Crippen LogP contribution in [0, 0.1) is 10.1 Å². The fraction of sp³-hybridized carbons (Fsp3) is 0.167. The first-order valence-corrected chi connectivity index (χ1v) is 12.2. The van der Waals surface area contributed by atoms with Gasteiger partial charge in [0, 0.05) is 30.8 Å². The highest BCUT2D eigenvalue weighted by Crippen LogP contribution is 2.46. The molecule has 38 heavy (non-hydrogen) atoms. The second-order valence-electron chi connectivity index (χ2n) is 8.95. The van der Waals surface area contributed by atoms with Gasteiger partial charge in [-0.1, -0.05) is 72.8 Å². The average molecular weight is 510 g/mol. The van der Waals surface area contributed by atoms with Crippen molar-refractivity contribution in [3.05, 3.63) is 129 Å². The Morgan fingerprint density at radius 2 is 1.42 bits per heavy atom. The molecule has 0 fully saturated rings. The van der Waals surface area contributed by atoms with Gasteiger partial charge >= 0.3 is 0 Å². The van der Waals surface area contributed by atoms with Gasteiger partial charge in [0.05, 0.1) is 30.4 Å². The third-order valence-electron chi connectivity index (χ3n) is 6.69. The van der Waals surface area contributed by atoms with E-state index in [4.69, 9.17) is 9.47 Å². The minimum absolute atomic E-state index is 0.131. The van der Waals surface area contributed by atoms with Gasteiger partial charge in [-0.05, 0) is 23.3 Å². The van der Waals surface area contributed by atoms with E-state index in [2.05, 4.69) is 4.90 Å². The summed E-state index contributed by atoms with van der Waals surface area (Å²) in [7, 11) is 3.15. The molecule has 0 N–H and O–H groups in total. The van der Waals surface area contributed by atoms with Crippen LogP contribution in [0.4, 0.5) is 11.4 Å². The molecule has 4 aromatic rings. The molecular formula is C30H27N3O5. The summed E-state index contributed by atoms with van der Waals surface area (Å²) in [5.41, 5.74) is 3.47. The van der Waals surface area contributed by atoms with Crippen LogP contribution in [0.15, 0.2) is 97.1 Å². The van der Waals surface area contributed by atoms with Gasteiger partial charge in [-0.3, -0.25) is 14.9 Å². The number of carbonyl (C=O) groups excluding carboxylic acids is 1. The molecular weight excluding hydrogens is 482 g/mol. The number of para-hydroxylation sites is 1. The lowest BCUT2D eigenvalue weighted by molar-refractivity contribution is -0.384. The summed E-state index contributed by atoms with van der Waals surface area (Å²) in [4.78, 5) is 29.1. The third-order valence-corrected chi connectivity index (χ3v) is 6.69. The number of carbonyl (C=O) groups is 1. The van der Waals surface area contributed by atoms with Crippen molar-refractivity contribution in [2.24, 2.45) is 0 Å². The zero-order valence-electron chi connectivity index (χ0n) is 21.1. The third kappa shape index (κ3) is 4.64. The largest absolute Gasteiger partial charge is 0.493 e. The molecule has 0 bridgehead atoms. The summed E-state index contributed by atoms with van der Waals surface area (Å²) < 4.78 is 11.4. The van der Waals surface area contributed by atoms with Crippen molar-refractivity contribution < 1.29 is 19.2 Å². The van der Waals surface area contributed by atoms with Gasteiger partial charge < -0.3 is 19.3 Å². The standard InChI is InChI=1S/C30H27N3O5/c1-37-27-15-9-14-24(28(27)38-2)29-31(19-21-10-5-3-6-11-21)26-17-16-23(33(35)36)18-25(26)30(34)32(29)20-22-12-7-4-8-13-22/h3-18,29H,19-20H2,1-2H3/t29-/m0/s1. The highest BCUT2D eigenvalue weighted by Gasteiger charge is 2.41. The molecule has 0 saturated heterocycles. The van der Waals surface area contributed by atoms with E-state index in [0.717, 1.165) is 16.7 Å². The smallest absolute Gasteiger partial charge is 0.270 e. The zero-order chi connectivity index (χ0) is 26.6. The molecule has 0 spiro atoms. The van der Waals surface area contributed by atoms with Crippen molar-refractivity contribution in [2.75, 3.05) is 19.1 Å². The van der Waals surface area contributed by atoms with Crippen molar-refractivity contribution in [3.63, 3.8) is 0 Å². The lowest BCUT2D eigenvalue weighted by atomic mass is 9.98. The van der Waals surface area contributed by atoms with Gasteiger partial charge in [0.2, 0.25) is 0 Å². The number of ether oxygens (including phenoxy) is 2. The second-order valence-corrected chi connectivity index (χ2v) is 8.95. The maximum atomic E-state index is 14.1. The van der Waals surface area contributed by atoms with Crippen LogP contribution in [0.2, 0.25) is 0 Å². The number of hydrogen-bond acceptors (Lipinski definition) is 6. The van der Waals surface area contributed by atoms with Gasteiger partial charge in [0.25, 0.3) is 11.6 Å². The summed E-state index contributed by atoms with van der Waals surface area (Å²) in [6.07, 6.45) is -0.582. The number of rotatable bonds is 8. The van der Waals surface area contributed by atoms with Crippen LogP contribution in [-0.2, 0) is 13.1 Å². The van der Waals surface area contributed by atoms with Crippen molar-refractivity contribution in [1.29, 1.82) is 0 Å². The quantitative estimate of drug-likeness (QED) is 0.215. The molecule has 1 aliphatic heterocycles. The highest BCUT2D eigenvalue weighted by molar-refractivity contribution is 6.02. The Kier molecular flexibility index (Phi) is 6.95. The number of nitrogens with zero attached hydrogens (tertiary/aromatic N) is 3.